The van der Waals surface area contributed by atoms with E-state index >= 15 is 0 Å². The fraction of sp³-hybridized carbons (Fsp3) is 0.381. The number of pyridine rings is 1. The highest BCUT2D eigenvalue weighted by atomic mass is 35.5. The van der Waals surface area contributed by atoms with E-state index in [1.165, 1.54) is 12.4 Å². The van der Waals surface area contributed by atoms with Crippen molar-refractivity contribution in [2.24, 2.45) is 0 Å². The van der Waals surface area contributed by atoms with Crippen molar-refractivity contribution >= 4 is 29.1 Å². The van der Waals surface area contributed by atoms with Crippen LogP contribution in [0.1, 0.15) is 58.9 Å². The second-order valence-corrected chi connectivity index (χ2v) is 7.29. The Hall–Kier alpha value is -2.40. The SMILES string of the molecule is CCC1CCCCN1C(=O)c1cncc(C(=O)Nc2cccc(Cl)c2C)c1. The molecule has 0 bridgehead atoms. The third kappa shape index (κ3) is 4.30. The van der Waals surface area contributed by atoms with Crippen LogP contribution in [0.4, 0.5) is 5.69 Å². The molecule has 1 saturated heterocycles. The molecular weight excluding hydrogens is 362 g/mol. The van der Waals surface area contributed by atoms with Crippen LogP contribution in [0.2, 0.25) is 5.02 Å². The van der Waals surface area contributed by atoms with Gasteiger partial charge in [-0.1, -0.05) is 24.6 Å². The molecule has 0 saturated carbocycles. The molecule has 1 aromatic heterocycles. The Bertz CT molecular complexity index is 853. The standard InChI is InChI=1S/C21H24ClN3O2/c1-3-17-7-4-5-10-25(17)21(27)16-11-15(12-23-13-16)20(26)24-19-9-6-8-18(22)14(19)2/h6,8-9,11-13,17H,3-5,7,10H2,1-2H3,(H,24,26). The Labute approximate surface area is 164 Å². The van der Waals surface area contributed by atoms with Crippen LogP contribution in [0.3, 0.4) is 0 Å². The summed E-state index contributed by atoms with van der Waals surface area (Å²) in [5.74, 6) is -0.365. The molecule has 1 aliphatic rings. The molecule has 1 aliphatic heterocycles. The highest BCUT2D eigenvalue weighted by molar-refractivity contribution is 6.31. The van der Waals surface area contributed by atoms with Gasteiger partial charge in [-0.3, -0.25) is 14.6 Å². The molecule has 0 spiro atoms. The molecule has 0 radical (unpaired) electrons. The first-order valence-electron chi connectivity index (χ1n) is 9.33. The molecule has 6 heteroatoms. The first kappa shape index (κ1) is 19.4. The quantitative estimate of drug-likeness (QED) is 0.829. The molecule has 1 aromatic carbocycles. The van der Waals surface area contributed by atoms with Gasteiger partial charge in [0.05, 0.1) is 11.1 Å². The van der Waals surface area contributed by atoms with Gasteiger partial charge in [0, 0.05) is 35.7 Å². The fourth-order valence-corrected chi connectivity index (χ4v) is 3.65. The van der Waals surface area contributed by atoms with Crippen molar-refractivity contribution in [1.82, 2.24) is 9.88 Å². The third-order valence-electron chi connectivity index (χ3n) is 5.12. The van der Waals surface area contributed by atoms with Gasteiger partial charge < -0.3 is 10.2 Å². The van der Waals surface area contributed by atoms with Crippen molar-refractivity contribution in [2.45, 2.75) is 45.6 Å². The van der Waals surface area contributed by atoms with E-state index in [1.54, 1.807) is 24.3 Å². The molecule has 3 rings (SSSR count). The molecule has 2 heterocycles. The van der Waals surface area contributed by atoms with Crippen molar-refractivity contribution in [2.75, 3.05) is 11.9 Å². The van der Waals surface area contributed by atoms with E-state index in [-0.39, 0.29) is 17.9 Å². The number of halogens is 1. The Morgan fingerprint density at radius 2 is 2.04 bits per heavy atom. The number of hydrogen-bond donors (Lipinski definition) is 1. The number of anilines is 1. The van der Waals surface area contributed by atoms with Gasteiger partial charge in [0.2, 0.25) is 0 Å². The number of benzene rings is 1. The summed E-state index contributed by atoms with van der Waals surface area (Å²) in [4.78, 5) is 31.6. The van der Waals surface area contributed by atoms with Crippen molar-refractivity contribution < 1.29 is 9.59 Å². The largest absolute Gasteiger partial charge is 0.336 e. The van der Waals surface area contributed by atoms with E-state index in [1.807, 2.05) is 11.8 Å². The summed E-state index contributed by atoms with van der Waals surface area (Å²) < 4.78 is 0. The summed E-state index contributed by atoms with van der Waals surface area (Å²) in [6, 6.07) is 7.23. The van der Waals surface area contributed by atoms with Gasteiger partial charge in [-0.05, 0) is 56.4 Å². The van der Waals surface area contributed by atoms with Crippen LogP contribution >= 0.6 is 11.6 Å². The second-order valence-electron chi connectivity index (χ2n) is 6.89. The van der Waals surface area contributed by atoms with Crippen LogP contribution in [0.15, 0.2) is 36.7 Å². The molecule has 2 amide bonds. The summed E-state index contributed by atoms with van der Waals surface area (Å²) in [5, 5.41) is 3.43. The summed E-state index contributed by atoms with van der Waals surface area (Å²) in [7, 11) is 0. The van der Waals surface area contributed by atoms with Gasteiger partial charge in [-0.15, -0.1) is 0 Å². The maximum Gasteiger partial charge on any atom is 0.257 e. The summed E-state index contributed by atoms with van der Waals surface area (Å²) in [5.41, 5.74) is 2.24. The number of carbonyl (C=O) groups is 2. The van der Waals surface area contributed by atoms with E-state index < -0.39 is 0 Å². The zero-order valence-electron chi connectivity index (χ0n) is 15.7. The highest BCUT2D eigenvalue weighted by Crippen LogP contribution is 2.24. The van der Waals surface area contributed by atoms with E-state index in [0.717, 1.165) is 37.8 Å². The number of hydrogen-bond acceptors (Lipinski definition) is 3. The lowest BCUT2D eigenvalue weighted by Crippen LogP contribution is -2.43. The summed E-state index contributed by atoms with van der Waals surface area (Å²) in [6.45, 7) is 4.71. The number of likely N-dealkylation sites (tertiary alicyclic amines) is 1. The van der Waals surface area contributed by atoms with Crippen LogP contribution in [-0.2, 0) is 0 Å². The number of piperidine rings is 1. The van der Waals surface area contributed by atoms with Crippen LogP contribution in [0.5, 0.6) is 0 Å². The van der Waals surface area contributed by atoms with Crippen LogP contribution in [0.25, 0.3) is 0 Å². The smallest absolute Gasteiger partial charge is 0.257 e. The maximum atomic E-state index is 12.9. The van der Waals surface area contributed by atoms with Crippen LogP contribution in [-0.4, -0.2) is 34.3 Å². The van der Waals surface area contributed by atoms with Gasteiger partial charge in [0.25, 0.3) is 11.8 Å². The number of nitrogens with one attached hydrogen (secondary N) is 1. The topological polar surface area (TPSA) is 62.3 Å². The number of rotatable bonds is 4. The van der Waals surface area contributed by atoms with E-state index in [9.17, 15) is 9.59 Å². The summed E-state index contributed by atoms with van der Waals surface area (Å²) in [6.07, 6.45) is 7.15. The molecule has 2 aromatic rings. The van der Waals surface area contributed by atoms with Gasteiger partial charge in [-0.2, -0.15) is 0 Å². The predicted molar refractivity (Wildman–Crippen MR) is 107 cm³/mol. The lowest BCUT2D eigenvalue weighted by atomic mass is 9.99. The zero-order valence-corrected chi connectivity index (χ0v) is 16.4. The van der Waals surface area contributed by atoms with Gasteiger partial charge >= 0.3 is 0 Å². The lowest BCUT2D eigenvalue weighted by Gasteiger charge is -2.35. The van der Waals surface area contributed by atoms with Gasteiger partial charge in [-0.25, -0.2) is 0 Å². The highest BCUT2D eigenvalue weighted by Gasteiger charge is 2.26. The molecule has 142 valence electrons. The van der Waals surface area contributed by atoms with Crippen molar-refractivity contribution in [1.29, 1.82) is 0 Å². The summed E-state index contributed by atoms with van der Waals surface area (Å²) >= 11 is 6.11. The minimum absolute atomic E-state index is 0.0531. The van der Waals surface area contributed by atoms with Crippen molar-refractivity contribution in [3.63, 3.8) is 0 Å². The van der Waals surface area contributed by atoms with Gasteiger partial charge in [0.1, 0.15) is 0 Å². The van der Waals surface area contributed by atoms with Crippen LogP contribution in [0, 0.1) is 6.92 Å². The molecule has 0 aliphatic carbocycles. The molecule has 1 fully saturated rings. The monoisotopic (exact) mass is 385 g/mol. The molecule has 1 unspecified atom stereocenters. The van der Waals surface area contributed by atoms with E-state index in [2.05, 4.69) is 17.2 Å². The number of aromatic nitrogens is 1. The Balaban J connectivity index is 1.79. The second kappa shape index (κ2) is 8.53. The maximum absolute atomic E-state index is 12.9. The molecule has 5 nitrogen and oxygen atoms in total. The third-order valence-corrected chi connectivity index (χ3v) is 5.53. The molecule has 1 atom stereocenters. The van der Waals surface area contributed by atoms with Crippen molar-refractivity contribution in [3.05, 3.63) is 58.4 Å². The molecule has 1 N–H and O–H groups in total. The van der Waals surface area contributed by atoms with Crippen molar-refractivity contribution in [3.8, 4) is 0 Å². The predicted octanol–water partition coefficient (Wildman–Crippen LogP) is 4.70. The van der Waals surface area contributed by atoms with E-state index in [4.69, 9.17) is 11.6 Å². The minimum atomic E-state index is -0.312. The zero-order chi connectivity index (χ0) is 19.4. The van der Waals surface area contributed by atoms with E-state index in [0.29, 0.717) is 21.8 Å². The van der Waals surface area contributed by atoms with Crippen LogP contribution < -0.4 is 5.32 Å². The minimum Gasteiger partial charge on any atom is -0.336 e. The normalized spacial score (nSPS) is 16.9. The lowest BCUT2D eigenvalue weighted by molar-refractivity contribution is 0.0607. The Kier molecular flexibility index (Phi) is 6.11. The number of carbonyl (C=O) groups excluding carboxylic acids is 2. The Morgan fingerprint density at radius 3 is 2.81 bits per heavy atom. The average molecular weight is 386 g/mol. The number of nitrogens with zero attached hydrogens (tertiary/aromatic N) is 2. The first-order chi connectivity index (χ1) is 13.0. The average Bonchev–Trinajstić information content (AvgIpc) is 2.71. The Morgan fingerprint density at radius 1 is 1.26 bits per heavy atom. The molecule has 27 heavy (non-hydrogen) atoms. The van der Waals surface area contributed by atoms with Gasteiger partial charge in [0.15, 0.2) is 0 Å². The fourth-order valence-electron chi connectivity index (χ4n) is 3.48. The first-order valence-corrected chi connectivity index (χ1v) is 9.71. The number of amides is 2. The molecular formula is C21H24ClN3O2.